The van der Waals surface area contributed by atoms with Gasteiger partial charge in [0.1, 0.15) is 0 Å². The van der Waals surface area contributed by atoms with Crippen molar-refractivity contribution >= 4 is 26.7 Å². The van der Waals surface area contributed by atoms with Crippen molar-refractivity contribution in [2.75, 3.05) is 26.3 Å². The number of ether oxygens (including phenoxy) is 1. The van der Waals surface area contributed by atoms with Crippen LogP contribution in [0.15, 0.2) is 66.7 Å². The van der Waals surface area contributed by atoms with E-state index < -0.39 is 10.0 Å². The van der Waals surface area contributed by atoms with Crippen LogP contribution in [0.4, 0.5) is 0 Å². The molecule has 0 saturated carbocycles. The predicted molar refractivity (Wildman–Crippen MR) is 121 cm³/mol. The Morgan fingerprint density at radius 1 is 0.871 bits per heavy atom. The van der Waals surface area contributed by atoms with Crippen molar-refractivity contribution in [3.8, 4) is 0 Å². The fraction of sp³-hybridized carbons (Fsp3) is 0.292. The summed E-state index contributed by atoms with van der Waals surface area (Å²) in [6.45, 7) is 1.90. The Balaban J connectivity index is 1.42. The van der Waals surface area contributed by atoms with Crippen molar-refractivity contribution in [1.82, 2.24) is 9.62 Å². The van der Waals surface area contributed by atoms with E-state index in [0.717, 1.165) is 21.9 Å². The first-order valence-corrected chi connectivity index (χ1v) is 12.0. The van der Waals surface area contributed by atoms with Gasteiger partial charge in [0.25, 0.3) is 0 Å². The van der Waals surface area contributed by atoms with Gasteiger partial charge in [0.2, 0.25) is 15.9 Å². The maximum atomic E-state index is 12.8. The molecule has 1 aliphatic rings. The van der Waals surface area contributed by atoms with E-state index in [1.54, 1.807) is 0 Å². The van der Waals surface area contributed by atoms with Crippen molar-refractivity contribution in [1.29, 1.82) is 0 Å². The molecule has 0 aliphatic carbocycles. The summed E-state index contributed by atoms with van der Waals surface area (Å²) >= 11 is 0. The molecule has 0 aromatic heterocycles. The summed E-state index contributed by atoms with van der Waals surface area (Å²) in [6.07, 6.45) is 0.273. The zero-order valence-corrected chi connectivity index (χ0v) is 18.1. The molecule has 1 fully saturated rings. The van der Waals surface area contributed by atoms with Gasteiger partial charge in [0, 0.05) is 19.6 Å². The molecular formula is C24H26N2O4S. The van der Waals surface area contributed by atoms with Crippen molar-refractivity contribution in [2.24, 2.45) is 0 Å². The zero-order chi connectivity index (χ0) is 21.7. The van der Waals surface area contributed by atoms with Crippen molar-refractivity contribution < 1.29 is 17.9 Å². The molecule has 0 bridgehead atoms. The highest BCUT2D eigenvalue weighted by Crippen LogP contribution is 2.19. The first-order chi connectivity index (χ1) is 15.0. The fourth-order valence-electron chi connectivity index (χ4n) is 3.86. The predicted octanol–water partition coefficient (Wildman–Crippen LogP) is 2.86. The van der Waals surface area contributed by atoms with E-state index in [1.165, 1.54) is 4.31 Å². The third kappa shape index (κ3) is 5.31. The average Bonchev–Trinajstić information content (AvgIpc) is 2.79. The number of rotatable bonds is 7. The van der Waals surface area contributed by atoms with Gasteiger partial charge in [-0.25, -0.2) is 8.42 Å². The van der Waals surface area contributed by atoms with Crippen LogP contribution in [0.25, 0.3) is 10.8 Å². The zero-order valence-electron chi connectivity index (χ0n) is 17.3. The summed E-state index contributed by atoms with van der Waals surface area (Å²) in [5.74, 6) is -0.176. The van der Waals surface area contributed by atoms with Crippen LogP contribution < -0.4 is 5.32 Å². The van der Waals surface area contributed by atoms with Crippen molar-refractivity contribution in [3.63, 3.8) is 0 Å². The third-order valence-corrected chi connectivity index (χ3v) is 7.35. The van der Waals surface area contributed by atoms with Crippen LogP contribution in [0.2, 0.25) is 0 Å². The lowest BCUT2D eigenvalue weighted by Crippen LogP contribution is -2.41. The second-order valence-electron chi connectivity index (χ2n) is 7.63. The molecule has 1 heterocycles. The van der Waals surface area contributed by atoms with Gasteiger partial charge in [-0.1, -0.05) is 66.7 Å². The summed E-state index contributed by atoms with van der Waals surface area (Å²) in [7, 11) is -3.43. The van der Waals surface area contributed by atoms with Gasteiger partial charge < -0.3 is 10.1 Å². The lowest BCUT2D eigenvalue weighted by atomic mass is 10.0. The first kappa shape index (κ1) is 21.5. The molecule has 162 valence electrons. The topological polar surface area (TPSA) is 75.7 Å². The van der Waals surface area contributed by atoms with Crippen LogP contribution in [0.5, 0.6) is 0 Å². The molecule has 0 unspecified atom stereocenters. The highest BCUT2D eigenvalue weighted by atomic mass is 32.2. The first-order valence-electron chi connectivity index (χ1n) is 10.4. The Morgan fingerprint density at radius 3 is 2.32 bits per heavy atom. The Labute approximate surface area is 182 Å². The number of nitrogens with one attached hydrogen (secondary N) is 1. The molecule has 0 radical (unpaired) electrons. The van der Waals surface area contributed by atoms with Gasteiger partial charge in [-0.15, -0.1) is 0 Å². The number of morpholine rings is 1. The van der Waals surface area contributed by atoms with E-state index in [9.17, 15) is 13.2 Å². The van der Waals surface area contributed by atoms with Gasteiger partial charge in [-0.2, -0.15) is 4.31 Å². The SMILES string of the molecule is O=C(Cc1cccc2ccccc12)NCc1ccccc1CS(=O)(=O)N1CCOCC1. The second-order valence-corrected chi connectivity index (χ2v) is 9.60. The van der Waals surface area contributed by atoms with Gasteiger partial charge in [-0.05, 0) is 27.5 Å². The van der Waals surface area contributed by atoms with Gasteiger partial charge >= 0.3 is 0 Å². The van der Waals surface area contributed by atoms with Crippen LogP contribution >= 0.6 is 0 Å². The van der Waals surface area contributed by atoms with E-state index in [4.69, 9.17) is 4.74 Å². The van der Waals surface area contributed by atoms with Crippen LogP contribution in [0.3, 0.4) is 0 Å². The van der Waals surface area contributed by atoms with Crippen LogP contribution in [-0.4, -0.2) is 44.9 Å². The Morgan fingerprint density at radius 2 is 1.52 bits per heavy atom. The minimum atomic E-state index is -3.43. The number of hydrogen-bond acceptors (Lipinski definition) is 4. The summed E-state index contributed by atoms with van der Waals surface area (Å²) in [5, 5.41) is 5.12. The molecular weight excluding hydrogens is 412 g/mol. The van der Waals surface area contributed by atoms with E-state index in [0.29, 0.717) is 38.4 Å². The van der Waals surface area contributed by atoms with E-state index in [-0.39, 0.29) is 18.1 Å². The van der Waals surface area contributed by atoms with Gasteiger partial charge in [-0.3, -0.25) is 4.79 Å². The van der Waals surface area contributed by atoms with Gasteiger partial charge in [0.15, 0.2) is 0 Å². The van der Waals surface area contributed by atoms with E-state index in [1.807, 2.05) is 66.7 Å². The van der Waals surface area contributed by atoms with Crippen LogP contribution in [0.1, 0.15) is 16.7 Å². The Bertz CT molecular complexity index is 1170. The highest BCUT2D eigenvalue weighted by molar-refractivity contribution is 7.88. The summed E-state index contributed by atoms with van der Waals surface area (Å²) in [4.78, 5) is 12.6. The molecule has 0 spiro atoms. The molecule has 7 heteroatoms. The van der Waals surface area contributed by atoms with E-state index >= 15 is 0 Å². The number of carbonyl (C=O) groups excluding carboxylic acids is 1. The second kappa shape index (κ2) is 9.60. The number of nitrogens with zero attached hydrogens (tertiary/aromatic N) is 1. The lowest BCUT2D eigenvalue weighted by Gasteiger charge is -2.26. The monoisotopic (exact) mass is 438 g/mol. The Hall–Kier alpha value is -2.74. The molecule has 0 atom stereocenters. The van der Waals surface area contributed by atoms with Crippen LogP contribution in [-0.2, 0) is 38.3 Å². The molecule has 4 rings (SSSR count). The van der Waals surface area contributed by atoms with Crippen molar-refractivity contribution in [2.45, 2.75) is 18.7 Å². The molecule has 1 N–H and O–H groups in total. The summed E-state index contributed by atoms with van der Waals surface area (Å²) in [5.41, 5.74) is 2.49. The minimum Gasteiger partial charge on any atom is -0.379 e. The largest absolute Gasteiger partial charge is 0.379 e. The maximum Gasteiger partial charge on any atom is 0.224 e. The molecule has 1 saturated heterocycles. The molecule has 3 aromatic carbocycles. The number of amides is 1. The van der Waals surface area contributed by atoms with Crippen LogP contribution in [0, 0.1) is 0 Å². The number of benzene rings is 3. The fourth-order valence-corrected chi connectivity index (χ4v) is 5.42. The standard InChI is InChI=1S/C24H26N2O4S/c27-24(16-20-10-5-9-19-6-3-4-11-23(19)20)25-17-21-7-1-2-8-22(21)18-31(28,29)26-12-14-30-15-13-26/h1-11H,12-18H2,(H,25,27). The minimum absolute atomic E-state index is 0.0810. The normalized spacial score (nSPS) is 15.1. The number of hydrogen-bond donors (Lipinski definition) is 1. The number of fused-ring (bicyclic) bond motifs is 1. The third-order valence-electron chi connectivity index (χ3n) is 5.53. The van der Waals surface area contributed by atoms with E-state index in [2.05, 4.69) is 5.32 Å². The number of carbonyl (C=O) groups is 1. The smallest absolute Gasteiger partial charge is 0.224 e. The quantitative estimate of drug-likeness (QED) is 0.616. The molecule has 1 amide bonds. The Kier molecular flexibility index (Phi) is 6.65. The molecule has 6 nitrogen and oxygen atoms in total. The molecule has 1 aliphatic heterocycles. The maximum absolute atomic E-state index is 12.8. The average molecular weight is 439 g/mol. The number of sulfonamides is 1. The molecule has 31 heavy (non-hydrogen) atoms. The van der Waals surface area contributed by atoms with Gasteiger partial charge in [0.05, 0.1) is 25.4 Å². The highest BCUT2D eigenvalue weighted by Gasteiger charge is 2.25. The molecule has 3 aromatic rings. The lowest BCUT2D eigenvalue weighted by molar-refractivity contribution is -0.120. The van der Waals surface area contributed by atoms with Crippen molar-refractivity contribution in [3.05, 3.63) is 83.4 Å². The summed E-state index contributed by atoms with van der Waals surface area (Å²) < 4.78 is 32.3. The summed E-state index contributed by atoms with van der Waals surface area (Å²) in [6, 6.07) is 21.3.